The predicted octanol–water partition coefficient (Wildman–Crippen LogP) is 5.21. The zero-order chi connectivity index (χ0) is 22.8. The summed E-state index contributed by atoms with van der Waals surface area (Å²) in [6.07, 6.45) is 0. The van der Waals surface area contributed by atoms with Crippen molar-refractivity contribution in [2.75, 3.05) is 4.72 Å². The fourth-order valence-corrected chi connectivity index (χ4v) is 4.81. The van der Waals surface area contributed by atoms with Gasteiger partial charge in [-0.15, -0.1) is 0 Å². The Labute approximate surface area is 184 Å². The van der Waals surface area contributed by atoms with Gasteiger partial charge in [-0.25, -0.2) is 8.42 Å². The van der Waals surface area contributed by atoms with Crippen LogP contribution in [0.1, 0.15) is 51.1 Å². The molecule has 0 saturated carbocycles. The molecular weight excluding hydrogens is 408 g/mol. The Balaban J connectivity index is 1.84. The van der Waals surface area contributed by atoms with E-state index in [-0.39, 0.29) is 16.8 Å². The van der Waals surface area contributed by atoms with Crippen LogP contribution in [0.4, 0.5) is 5.69 Å². The molecule has 0 aromatic heterocycles. The summed E-state index contributed by atoms with van der Waals surface area (Å²) < 4.78 is 28.7. The third-order valence-electron chi connectivity index (χ3n) is 5.14. The summed E-state index contributed by atoms with van der Waals surface area (Å²) in [5.74, 6) is -0.323. The van der Waals surface area contributed by atoms with Crippen LogP contribution in [0.15, 0.2) is 65.6 Å². The zero-order valence-electron chi connectivity index (χ0n) is 18.5. The fourth-order valence-electron chi connectivity index (χ4n) is 3.49. The highest BCUT2D eigenvalue weighted by atomic mass is 32.2. The molecule has 3 rings (SSSR count). The van der Waals surface area contributed by atoms with Crippen LogP contribution in [0.25, 0.3) is 0 Å². The maximum atomic E-state index is 13.1. The lowest BCUT2D eigenvalue weighted by atomic mass is 10.1. The second kappa shape index (κ2) is 8.94. The SMILES string of the molecule is Cc1ccc([C@H](C)NC(=O)c2ccc(C)c(S(=O)(=O)Nc3cc(C)cc(C)c3)c2)cc1. The Morgan fingerprint density at radius 2 is 1.42 bits per heavy atom. The lowest BCUT2D eigenvalue weighted by molar-refractivity contribution is 0.0939. The quantitative estimate of drug-likeness (QED) is 0.557. The summed E-state index contributed by atoms with van der Waals surface area (Å²) in [5.41, 5.74) is 5.42. The number of anilines is 1. The summed E-state index contributed by atoms with van der Waals surface area (Å²) in [6.45, 7) is 9.45. The van der Waals surface area contributed by atoms with E-state index in [0.29, 0.717) is 16.8 Å². The van der Waals surface area contributed by atoms with Crippen molar-refractivity contribution in [1.82, 2.24) is 5.32 Å². The summed E-state index contributed by atoms with van der Waals surface area (Å²) in [5, 5.41) is 2.94. The van der Waals surface area contributed by atoms with Gasteiger partial charge < -0.3 is 5.32 Å². The van der Waals surface area contributed by atoms with Gasteiger partial charge in [-0.05, 0) is 81.1 Å². The monoisotopic (exact) mass is 436 g/mol. The number of rotatable bonds is 6. The number of nitrogens with one attached hydrogen (secondary N) is 2. The van der Waals surface area contributed by atoms with Crippen molar-refractivity contribution in [2.45, 2.75) is 45.6 Å². The minimum atomic E-state index is -3.85. The third kappa shape index (κ3) is 5.52. The fraction of sp³-hybridized carbons (Fsp3) is 0.240. The molecule has 0 bridgehead atoms. The number of amides is 1. The van der Waals surface area contributed by atoms with Crippen LogP contribution in [0, 0.1) is 27.7 Å². The molecule has 3 aromatic carbocycles. The minimum absolute atomic E-state index is 0.0855. The molecule has 0 fully saturated rings. The molecule has 0 unspecified atom stereocenters. The van der Waals surface area contributed by atoms with E-state index in [9.17, 15) is 13.2 Å². The van der Waals surface area contributed by atoms with Gasteiger partial charge in [-0.3, -0.25) is 9.52 Å². The Kier molecular flexibility index (Phi) is 6.51. The van der Waals surface area contributed by atoms with E-state index in [2.05, 4.69) is 10.0 Å². The first-order valence-electron chi connectivity index (χ1n) is 10.1. The second-order valence-electron chi connectivity index (χ2n) is 8.07. The van der Waals surface area contributed by atoms with Crippen molar-refractivity contribution >= 4 is 21.6 Å². The van der Waals surface area contributed by atoms with Gasteiger partial charge in [0.25, 0.3) is 15.9 Å². The Morgan fingerprint density at radius 3 is 2.03 bits per heavy atom. The topological polar surface area (TPSA) is 75.3 Å². The molecule has 0 aliphatic carbocycles. The highest BCUT2D eigenvalue weighted by molar-refractivity contribution is 7.92. The number of hydrogen-bond acceptors (Lipinski definition) is 3. The Hall–Kier alpha value is -3.12. The van der Waals surface area contributed by atoms with E-state index in [0.717, 1.165) is 22.3 Å². The van der Waals surface area contributed by atoms with Crippen molar-refractivity contribution < 1.29 is 13.2 Å². The minimum Gasteiger partial charge on any atom is -0.346 e. The second-order valence-corrected chi connectivity index (χ2v) is 9.72. The van der Waals surface area contributed by atoms with E-state index < -0.39 is 10.0 Å². The molecule has 0 aliphatic rings. The molecule has 0 radical (unpaired) electrons. The third-order valence-corrected chi connectivity index (χ3v) is 6.66. The van der Waals surface area contributed by atoms with Gasteiger partial charge in [0.1, 0.15) is 0 Å². The van der Waals surface area contributed by atoms with Gasteiger partial charge in [0.05, 0.1) is 10.9 Å². The average molecular weight is 437 g/mol. The first kappa shape index (κ1) is 22.6. The number of sulfonamides is 1. The molecule has 0 saturated heterocycles. The first-order chi connectivity index (χ1) is 14.5. The Bertz CT molecular complexity index is 1200. The van der Waals surface area contributed by atoms with Crippen LogP contribution in [-0.4, -0.2) is 14.3 Å². The zero-order valence-corrected chi connectivity index (χ0v) is 19.3. The summed E-state index contributed by atoms with van der Waals surface area (Å²) in [4.78, 5) is 12.9. The first-order valence-corrected chi connectivity index (χ1v) is 11.6. The van der Waals surface area contributed by atoms with Crippen molar-refractivity contribution in [3.63, 3.8) is 0 Å². The molecule has 0 heterocycles. The molecule has 31 heavy (non-hydrogen) atoms. The molecule has 0 spiro atoms. The maximum Gasteiger partial charge on any atom is 0.262 e. The van der Waals surface area contributed by atoms with Gasteiger partial charge in [0.2, 0.25) is 0 Å². The summed E-state index contributed by atoms with van der Waals surface area (Å²) >= 11 is 0. The van der Waals surface area contributed by atoms with Crippen molar-refractivity contribution in [1.29, 1.82) is 0 Å². The van der Waals surface area contributed by atoms with Gasteiger partial charge in [-0.1, -0.05) is 42.0 Å². The van der Waals surface area contributed by atoms with E-state index in [1.54, 1.807) is 31.2 Å². The van der Waals surface area contributed by atoms with Crippen LogP contribution in [0.3, 0.4) is 0 Å². The number of aryl methyl sites for hydroxylation is 4. The smallest absolute Gasteiger partial charge is 0.262 e. The molecule has 6 heteroatoms. The predicted molar refractivity (Wildman–Crippen MR) is 125 cm³/mol. The molecular formula is C25H28N2O3S. The van der Waals surface area contributed by atoms with E-state index in [1.807, 2.05) is 58.0 Å². The maximum absolute atomic E-state index is 13.1. The molecule has 0 aliphatic heterocycles. The molecule has 5 nitrogen and oxygen atoms in total. The van der Waals surface area contributed by atoms with Gasteiger partial charge >= 0.3 is 0 Å². The molecule has 162 valence electrons. The Morgan fingerprint density at radius 1 is 0.806 bits per heavy atom. The van der Waals surface area contributed by atoms with Crippen molar-refractivity contribution in [2.24, 2.45) is 0 Å². The van der Waals surface area contributed by atoms with Crippen LogP contribution in [0.5, 0.6) is 0 Å². The van der Waals surface area contributed by atoms with Gasteiger partial charge in [0.15, 0.2) is 0 Å². The van der Waals surface area contributed by atoms with E-state index in [1.165, 1.54) is 6.07 Å². The number of carbonyl (C=O) groups excluding carboxylic acids is 1. The van der Waals surface area contributed by atoms with E-state index in [4.69, 9.17) is 0 Å². The largest absolute Gasteiger partial charge is 0.346 e. The number of carbonyl (C=O) groups is 1. The van der Waals surface area contributed by atoms with Crippen molar-refractivity contribution in [3.8, 4) is 0 Å². The molecule has 2 N–H and O–H groups in total. The van der Waals surface area contributed by atoms with Crippen molar-refractivity contribution in [3.05, 3.63) is 94.0 Å². The highest BCUT2D eigenvalue weighted by Gasteiger charge is 2.20. The lowest BCUT2D eigenvalue weighted by Gasteiger charge is -2.16. The van der Waals surface area contributed by atoms with E-state index >= 15 is 0 Å². The number of hydrogen-bond donors (Lipinski definition) is 2. The van der Waals surface area contributed by atoms with Crippen LogP contribution < -0.4 is 10.0 Å². The van der Waals surface area contributed by atoms with Gasteiger partial charge in [-0.2, -0.15) is 0 Å². The summed E-state index contributed by atoms with van der Waals surface area (Å²) in [6, 6.07) is 18.0. The van der Waals surface area contributed by atoms with Crippen LogP contribution >= 0.6 is 0 Å². The molecule has 1 amide bonds. The molecule has 1 atom stereocenters. The lowest BCUT2D eigenvalue weighted by Crippen LogP contribution is -2.27. The average Bonchev–Trinajstić information content (AvgIpc) is 2.67. The number of benzene rings is 3. The van der Waals surface area contributed by atoms with Gasteiger partial charge in [0, 0.05) is 11.3 Å². The normalized spacial score (nSPS) is 12.3. The van der Waals surface area contributed by atoms with Crippen LogP contribution in [-0.2, 0) is 10.0 Å². The van der Waals surface area contributed by atoms with Crippen LogP contribution in [0.2, 0.25) is 0 Å². The standard InChI is InChI=1S/C25H28N2O3S/c1-16-6-9-21(10-7-16)20(5)26-25(28)22-11-8-19(4)24(15-22)31(29,30)27-23-13-17(2)12-18(3)14-23/h6-15,20,27H,1-5H3,(H,26,28)/t20-/m0/s1. The summed E-state index contributed by atoms with van der Waals surface area (Å²) in [7, 11) is -3.85. The highest BCUT2D eigenvalue weighted by Crippen LogP contribution is 2.23. The molecule has 3 aromatic rings.